The van der Waals surface area contributed by atoms with Crippen LogP contribution in [0, 0.1) is 10.1 Å². The molecule has 0 saturated heterocycles. The van der Waals surface area contributed by atoms with Gasteiger partial charge in [-0.2, -0.15) is 0 Å². The molecule has 9 nitrogen and oxygen atoms in total. The number of aromatic nitrogens is 1. The Balaban J connectivity index is 2.99. The summed E-state index contributed by atoms with van der Waals surface area (Å²) in [6.07, 6.45) is -1.75. The third-order valence-corrected chi connectivity index (χ3v) is 2.37. The van der Waals surface area contributed by atoms with Crippen LogP contribution in [0.1, 0.15) is 11.7 Å². The molecule has 96 valence electrons. The number of nitro groups is 1. The van der Waals surface area contributed by atoms with Gasteiger partial charge >= 0.3 is 5.69 Å². The van der Waals surface area contributed by atoms with E-state index in [9.17, 15) is 20.3 Å². The lowest BCUT2D eigenvalue weighted by atomic mass is 10.1. The van der Waals surface area contributed by atoms with E-state index in [0.29, 0.717) is 0 Å². The lowest BCUT2D eigenvalue weighted by molar-refractivity contribution is -0.385. The van der Waals surface area contributed by atoms with E-state index in [0.717, 1.165) is 12.3 Å². The van der Waals surface area contributed by atoms with Crippen LogP contribution in [0.25, 0.3) is 10.4 Å². The van der Waals surface area contributed by atoms with E-state index in [2.05, 4.69) is 15.0 Å². The summed E-state index contributed by atoms with van der Waals surface area (Å²) < 4.78 is 0. The summed E-state index contributed by atoms with van der Waals surface area (Å²) in [4.78, 5) is 15.8. The van der Waals surface area contributed by atoms with Gasteiger partial charge in [0.05, 0.1) is 17.6 Å². The van der Waals surface area contributed by atoms with E-state index in [1.54, 1.807) is 0 Å². The number of aliphatic hydroxyl groups is 2. The van der Waals surface area contributed by atoms with Crippen molar-refractivity contribution in [2.75, 3.05) is 6.54 Å². The number of azide groups is 1. The Kier molecular flexibility index (Phi) is 4.81. The predicted molar refractivity (Wildman–Crippen MR) is 60.9 cm³/mol. The van der Waals surface area contributed by atoms with Gasteiger partial charge in [-0.1, -0.05) is 16.7 Å². The molecule has 18 heavy (non-hydrogen) atoms. The minimum atomic E-state index is -1.46. The van der Waals surface area contributed by atoms with Crippen molar-refractivity contribution in [2.24, 2.45) is 5.11 Å². The number of rotatable bonds is 5. The van der Waals surface area contributed by atoms with Crippen LogP contribution in [0.15, 0.2) is 17.4 Å². The number of halogens is 1. The van der Waals surface area contributed by atoms with E-state index in [4.69, 9.17) is 17.1 Å². The first kappa shape index (κ1) is 14.1. The highest BCUT2D eigenvalue weighted by Crippen LogP contribution is 2.26. The second-order valence-electron chi connectivity index (χ2n) is 3.26. The highest BCUT2D eigenvalue weighted by molar-refractivity contribution is 6.31. The van der Waals surface area contributed by atoms with E-state index in [1.165, 1.54) is 0 Å². The summed E-state index contributed by atoms with van der Waals surface area (Å²) in [5.41, 5.74) is 7.59. The summed E-state index contributed by atoms with van der Waals surface area (Å²) >= 11 is 5.50. The van der Waals surface area contributed by atoms with Gasteiger partial charge in [-0.3, -0.25) is 10.1 Å². The minimum absolute atomic E-state index is 0.00624. The zero-order chi connectivity index (χ0) is 13.7. The van der Waals surface area contributed by atoms with Crippen LogP contribution >= 0.6 is 11.6 Å². The van der Waals surface area contributed by atoms with Crippen molar-refractivity contribution in [3.63, 3.8) is 0 Å². The maximum absolute atomic E-state index is 10.6. The zero-order valence-corrected chi connectivity index (χ0v) is 9.60. The molecule has 2 atom stereocenters. The molecule has 0 aliphatic carbocycles. The van der Waals surface area contributed by atoms with Crippen LogP contribution in [0.2, 0.25) is 5.15 Å². The topological polar surface area (TPSA) is 145 Å². The van der Waals surface area contributed by atoms with Gasteiger partial charge in [0.1, 0.15) is 6.10 Å². The van der Waals surface area contributed by atoms with Gasteiger partial charge < -0.3 is 10.2 Å². The fourth-order valence-corrected chi connectivity index (χ4v) is 1.36. The van der Waals surface area contributed by atoms with Crippen molar-refractivity contribution in [1.29, 1.82) is 0 Å². The molecule has 0 saturated carbocycles. The van der Waals surface area contributed by atoms with Crippen LogP contribution in [0.3, 0.4) is 0 Å². The molecule has 0 bridgehead atoms. The van der Waals surface area contributed by atoms with Crippen LogP contribution < -0.4 is 0 Å². The average Bonchev–Trinajstić information content (AvgIpc) is 2.35. The van der Waals surface area contributed by atoms with Gasteiger partial charge in [0.2, 0.25) is 5.15 Å². The molecule has 0 spiro atoms. The Morgan fingerprint density at radius 2 is 2.33 bits per heavy atom. The molecule has 0 radical (unpaired) electrons. The quantitative estimate of drug-likeness (QED) is 0.208. The summed E-state index contributed by atoms with van der Waals surface area (Å²) in [6.45, 7) is -0.367. The Morgan fingerprint density at radius 1 is 1.67 bits per heavy atom. The predicted octanol–water partition coefficient (Wildman–Crippen LogP) is 1.35. The standard InChI is InChI=1S/C8H8ClN5O4/c9-8-5(14(17)18)1-4(2-11-8)7(16)6(15)3-12-13-10/h1-2,6-7,15-16H,3H2. The van der Waals surface area contributed by atoms with Gasteiger partial charge in [-0.15, -0.1) is 0 Å². The van der Waals surface area contributed by atoms with Gasteiger partial charge in [-0.25, -0.2) is 4.98 Å². The lowest BCUT2D eigenvalue weighted by Crippen LogP contribution is -2.21. The normalized spacial score (nSPS) is 13.5. The Hall–Kier alpha value is -1.93. The number of hydrogen-bond donors (Lipinski definition) is 2. The molecule has 2 N–H and O–H groups in total. The SMILES string of the molecule is [N-]=[N+]=NCC(O)C(O)c1cnc(Cl)c([N+](=O)[O-])c1. The lowest BCUT2D eigenvalue weighted by Gasteiger charge is -2.15. The molecule has 0 amide bonds. The van der Waals surface area contributed by atoms with Crippen molar-refractivity contribution in [3.8, 4) is 0 Å². The number of hydrogen-bond acceptors (Lipinski definition) is 6. The molecule has 1 aromatic heterocycles. The van der Waals surface area contributed by atoms with Crippen molar-refractivity contribution < 1.29 is 15.1 Å². The van der Waals surface area contributed by atoms with Crippen LogP contribution in [0.4, 0.5) is 5.69 Å². The molecule has 2 unspecified atom stereocenters. The summed E-state index contributed by atoms with van der Waals surface area (Å²) in [5, 5.41) is 32.5. The van der Waals surface area contributed by atoms with Gasteiger partial charge in [0.25, 0.3) is 0 Å². The van der Waals surface area contributed by atoms with E-state index in [-0.39, 0.29) is 17.3 Å². The van der Waals surface area contributed by atoms with E-state index in [1.807, 2.05) is 0 Å². The van der Waals surface area contributed by atoms with Crippen molar-refractivity contribution >= 4 is 17.3 Å². The fourth-order valence-electron chi connectivity index (χ4n) is 1.18. The molecular weight excluding hydrogens is 266 g/mol. The van der Waals surface area contributed by atoms with Crippen LogP contribution in [-0.2, 0) is 0 Å². The number of pyridine rings is 1. The van der Waals surface area contributed by atoms with E-state index < -0.39 is 22.8 Å². The first-order chi connectivity index (χ1) is 8.47. The fraction of sp³-hybridized carbons (Fsp3) is 0.375. The number of nitrogens with zero attached hydrogens (tertiary/aromatic N) is 5. The summed E-state index contributed by atoms with van der Waals surface area (Å²) in [7, 11) is 0. The van der Waals surface area contributed by atoms with Gasteiger partial charge in [-0.05, 0) is 5.53 Å². The monoisotopic (exact) mass is 273 g/mol. The maximum atomic E-state index is 10.6. The highest BCUT2D eigenvalue weighted by atomic mass is 35.5. The Labute approximate surface area is 105 Å². The third kappa shape index (κ3) is 3.28. The van der Waals surface area contributed by atoms with Crippen molar-refractivity contribution in [2.45, 2.75) is 12.2 Å². The molecule has 1 aromatic rings. The van der Waals surface area contributed by atoms with E-state index >= 15 is 0 Å². The third-order valence-electron chi connectivity index (χ3n) is 2.08. The Bertz CT molecular complexity index is 504. The summed E-state index contributed by atoms with van der Waals surface area (Å²) in [5.74, 6) is 0. The molecule has 0 aliphatic heterocycles. The first-order valence-corrected chi connectivity index (χ1v) is 5.02. The highest BCUT2D eigenvalue weighted by Gasteiger charge is 2.22. The molecule has 0 aromatic carbocycles. The second-order valence-corrected chi connectivity index (χ2v) is 3.62. The summed E-state index contributed by atoms with van der Waals surface area (Å²) in [6, 6.07) is 0.999. The second kappa shape index (κ2) is 6.12. The number of aliphatic hydroxyl groups excluding tert-OH is 2. The molecular formula is C8H8ClN5O4. The average molecular weight is 274 g/mol. The van der Waals surface area contributed by atoms with Crippen LogP contribution in [0.5, 0.6) is 0 Å². The smallest absolute Gasteiger partial charge is 0.306 e. The molecule has 10 heteroatoms. The molecule has 1 heterocycles. The largest absolute Gasteiger partial charge is 0.390 e. The van der Waals surface area contributed by atoms with Gasteiger partial charge in [0.15, 0.2) is 0 Å². The Morgan fingerprint density at radius 3 is 2.89 bits per heavy atom. The van der Waals surface area contributed by atoms with Crippen molar-refractivity contribution in [3.05, 3.63) is 43.5 Å². The molecule has 0 fully saturated rings. The zero-order valence-electron chi connectivity index (χ0n) is 8.84. The van der Waals surface area contributed by atoms with Crippen molar-refractivity contribution in [1.82, 2.24) is 4.98 Å². The first-order valence-electron chi connectivity index (χ1n) is 4.64. The van der Waals surface area contributed by atoms with Crippen LogP contribution in [-0.4, -0.2) is 32.8 Å². The minimum Gasteiger partial charge on any atom is -0.390 e. The van der Waals surface area contributed by atoms with Gasteiger partial charge in [0, 0.05) is 22.7 Å². The molecule has 0 aliphatic rings. The molecule has 1 rings (SSSR count). The maximum Gasteiger partial charge on any atom is 0.306 e.